The Bertz CT molecular complexity index is 1980. The average molecular weight is 688 g/mol. The lowest BCUT2D eigenvalue weighted by Crippen LogP contribution is -2.28. The number of hydrogen-bond acceptors (Lipinski definition) is 8. The van der Waals surface area contributed by atoms with Crippen LogP contribution in [0.3, 0.4) is 0 Å². The summed E-state index contributed by atoms with van der Waals surface area (Å²) < 4.78 is 13.8. The number of aryl methyl sites for hydroxylation is 1. The van der Waals surface area contributed by atoms with Crippen molar-refractivity contribution in [2.24, 2.45) is 5.92 Å². The number of H-pyrrole nitrogens is 1. The van der Waals surface area contributed by atoms with Crippen LogP contribution in [0.2, 0.25) is 15.1 Å². The third-order valence-corrected chi connectivity index (χ3v) is 7.87. The summed E-state index contributed by atoms with van der Waals surface area (Å²) in [5, 5.41) is 19.5. The van der Waals surface area contributed by atoms with Crippen molar-refractivity contribution in [2.75, 3.05) is 25.7 Å². The molecule has 0 fully saturated rings. The molecule has 0 radical (unpaired) electrons. The summed E-state index contributed by atoms with van der Waals surface area (Å²) in [6.07, 6.45) is 2.12. The fraction of sp³-hybridized carbons (Fsp3) is 0.323. The lowest BCUT2D eigenvalue weighted by Gasteiger charge is -2.10. The highest BCUT2D eigenvalue weighted by molar-refractivity contribution is 6.40. The molecule has 0 aliphatic carbocycles. The van der Waals surface area contributed by atoms with Gasteiger partial charge in [-0.2, -0.15) is 5.10 Å². The summed E-state index contributed by atoms with van der Waals surface area (Å²) in [7, 11) is 1.57. The van der Waals surface area contributed by atoms with Crippen molar-refractivity contribution >= 4 is 58.3 Å². The molecule has 0 spiro atoms. The molecule has 3 N–H and O–H groups in total. The molecule has 0 saturated heterocycles. The van der Waals surface area contributed by atoms with Crippen LogP contribution >= 0.6 is 34.8 Å². The number of methoxy groups -OCH3 is 1. The molecule has 12 nitrogen and oxygen atoms in total. The maximum atomic E-state index is 14.0. The second-order valence-electron chi connectivity index (χ2n) is 11.1. The molecule has 0 saturated carbocycles. The molecule has 1 unspecified atom stereocenters. The van der Waals surface area contributed by atoms with Crippen molar-refractivity contribution in [1.82, 2.24) is 34.9 Å². The molecule has 3 heterocycles. The molecule has 1 amide bonds. The van der Waals surface area contributed by atoms with E-state index in [2.05, 4.69) is 25.9 Å². The van der Waals surface area contributed by atoms with Crippen LogP contribution in [0, 0.1) is 12.8 Å². The second kappa shape index (κ2) is 14.0. The molecule has 15 heteroatoms. The zero-order chi connectivity index (χ0) is 33.1. The number of amides is 1. The van der Waals surface area contributed by atoms with E-state index in [4.69, 9.17) is 49.3 Å². The Morgan fingerprint density at radius 3 is 2.50 bits per heavy atom. The van der Waals surface area contributed by atoms with Gasteiger partial charge in [-0.05, 0) is 43.2 Å². The predicted octanol–water partition coefficient (Wildman–Crippen LogP) is 5.14. The third kappa shape index (κ3) is 7.24. The molecular formula is C31H33Cl3N8O4. The third-order valence-electron chi connectivity index (χ3n) is 7.07. The van der Waals surface area contributed by atoms with E-state index in [0.29, 0.717) is 57.7 Å². The fourth-order valence-electron chi connectivity index (χ4n) is 4.75. The largest absolute Gasteiger partial charge is 0.497 e. The first kappa shape index (κ1) is 33.1. The van der Waals surface area contributed by atoms with Crippen LogP contribution in [0.1, 0.15) is 50.2 Å². The number of nitrogens with one attached hydrogen (secondary N) is 3. The zero-order valence-electron chi connectivity index (χ0n) is 25.8. The van der Waals surface area contributed by atoms with E-state index >= 15 is 0 Å². The first-order valence-electron chi connectivity index (χ1n) is 14.5. The Labute approximate surface area is 279 Å². The van der Waals surface area contributed by atoms with Gasteiger partial charge in [0.1, 0.15) is 23.0 Å². The summed E-state index contributed by atoms with van der Waals surface area (Å²) >= 11 is 19.1. The molecule has 5 aromatic rings. The van der Waals surface area contributed by atoms with Gasteiger partial charge in [-0.3, -0.25) is 14.7 Å². The number of rotatable bonds is 12. The molecule has 3 aromatic heterocycles. The Kier molecular flexibility index (Phi) is 10.1. The van der Waals surface area contributed by atoms with Crippen molar-refractivity contribution in [2.45, 2.75) is 40.0 Å². The van der Waals surface area contributed by atoms with Gasteiger partial charge in [0, 0.05) is 35.2 Å². The summed E-state index contributed by atoms with van der Waals surface area (Å²) in [5.41, 5.74) is 1.09. The number of benzene rings is 2. The molecule has 0 aliphatic heterocycles. The number of anilines is 1. The van der Waals surface area contributed by atoms with Crippen LogP contribution in [-0.2, 0) is 4.79 Å². The van der Waals surface area contributed by atoms with E-state index in [1.165, 1.54) is 21.4 Å². The first-order valence-corrected chi connectivity index (χ1v) is 15.6. The minimum atomic E-state index is -0.449. The van der Waals surface area contributed by atoms with Gasteiger partial charge in [-0.15, -0.1) is 9.73 Å². The number of aromatic nitrogens is 6. The monoisotopic (exact) mass is 686 g/mol. The Morgan fingerprint density at radius 1 is 1.09 bits per heavy atom. The Morgan fingerprint density at radius 2 is 1.80 bits per heavy atom. The van der Waals surface area contributed by atoms with E-state index in [1.807, 2.05) is 20.8 Å². The predicted molar refractivity (Wildman–Crippen MR) is 179 cm³/mol. The highest BCUT2D eigenvalue weighted by atomic mass is 35.5. The molecule has 46 heavy (non-hydrogen) atoms. The second-order valence-corrected chi connectivity index (χ2v) is 12.4. The lowest BCUT2D eigenvalue weighted by molar-refractivity contribution is -0.121. The average Bonchev–Trinajstić information content (AvgIpc) is 3.63. The highest BCUT2D eigenvalue weighted by Gasteiger charge is 2.21. The highest BCUT2D eigenvalue weighted by Crippen LogP contribution is 2.32. The van der Waals surface area contributed by atoms with Gasteiger partial charge in [0.05, 0.1) is 28.4 Å². The lowest BCUT2D eigenvalue weighted by atomic mass is 10.1. The van der Waals surface area contributed by atoms with Crippen molar-refractivity contribution in [3.8, 4) is 17.2 Å². The molecule has 2 aromatic carbocycles. The quantitative estimate of drug-likeness (QED) is 0.153. The van der Waals surface area contributed by atoms with Crippen LogP contribution in [0.25, 0.3) is 17.4 Å². The number of hydrogen-bond donors (Lipinski definition) is 3. The Hall–Kier alpha value is -4.26. The number of aromatic amines is 1. The number of carbonyl (C=O) groups excluding carboxylic acids is 1. The van der Waals surface area contributed by atoms with Crippen LogP contribution in [0.15, 0.2) is 41.2 Å². The van der Waals surface area contributed by atoms with E-state index in [1.54, 1.807) is 44.4 Å². The van der Waals surface area contributed by atoms with Gasteiger partial charge < -0.3 is 20.1 Å². The summed E-state index contributed by atoms with van der Waals surface area (Å²) in [6.45, 7) is 8.09. The maximum absolute atomic E-state index is 14.0. The van der Waals surface area contributed by atoms with Gasteiger partial charge in [-0.1, -0.05) is 61.6 Å². The molecule has 242 valence electrons. The van der Waals surface area contributed by atoms with Gasteiger partial charge in [0.15, 0.2) is 18.2 Å². The Balaban J connectivity index is 1.53. The standard InChI is InChI=1S/C31H33Cl3N8O4/c1-16(2)9-26(43)35-14-17(3)28-37-30-22(18(4)38-42(30)40-28)13-23-29(36-15-46-21-8-6-7-20(12-21)45-5)39-41(31(23)44)27-24(33)10-19(32)11-25(27)34/h6-8,10-13,16-17,36,39H,9,14-15H2,1-5H3,(H,35,43). The smallest absolute Gasteiger partial charge is 0.280 e. The number of ether oxygens (including phenoxy) is 2. The van der Waals surface area contributed by atoms with Crippen molar-refractivity contribution in [1.29, 1.82) is 0 Å². The SMILES string of the molecule is COc1cccc(OCNc2[nH]n(-c3c(Cl)cc(Cl)cc3Cl)c(=O)c2C=c2c(C)nn3nc(C(C)CNC(=O)CC(C)C)nc23)c1. The molecule has 1 atom stereocenters. The fourth-order valence-corrected chi connectivity index (χ4v) is 5.73. The van der Waals surface area contributed by atoms with Crippen LogP contribution in [0.5, 0.6) is 11.5 Å². The van der Waals surface area contributed by atoms with E-state index in [9.17, 15) is 9.59 Å². The minimum Gasteiger partial charge on any atom is -0.497 e. The zero-order valence-corrected chi connectivity index (χ0v) is 28.1. The van der Waals surface area contributed by atoms with Crippen molar-refractivity contribution < 1.29 is 14.3 Å². The van der Waals surface area contributed by atoms with Crippen LogP contribution < -0.4 is 30.9 Å². The number of nitrogens with zero attached hydrogens (tertiary/aromatic N) is 5. The first-order chi connectivity index (χ1) is 21.9. The van der Waals surface area contributed by atoms with E-state index in [0.717, 1.165) is 0 Å². The van der Waals surface area contributed by atoms with Crippen molar-refractivity contribution in [3.05, 3.63) is 84.1 Å². The molecule has 0 aliphatic rings. The number of carbonyl (C=O) groups is 1. The van der Waals surface area contributed by atoms with E-state index in [-0.39, 0.29) is 45.8 Å². The van der Waals surface area contributed by atoms with E-state index < -0.39 is 5.56 Å². The summed E-state index contributed by atoms with van der Waals surface area (Å²) in [6, 6.07) is 10.1. The summed E-state index contributed by atoms with van der Waals surface area (Å²) in [5.74, 6) is 2.10. The van der Waals surface area contributed by atoms with Gasteiger partial charge in [-0.25, -0.2) is 9.67 Å². The molecular weight excluding hydrogens is 655 g/mol. The number of halogens is 3. The maximum Gasteiger partial charge on any atom is 0.280 e. The van der Waals surface area contributed by atoms with Gasteiger partial charge in [0.2, 0.25) is 5.91 Å². The topological polar surface area (TPSA) is 140 Å². The van der Waals surface area contributed by atoms with Gasteiger partial charge in [0.25, 0.3) is 5.56 Å². The molecule has 0 bridgehead atoms. The molecule has 5 rings (SSSR count). The number of fused-ring (bicyclic) bond motifs is 1. The normalized spacial score (nSPS) is 12.6. The van der Waals surface area contributed by atoms with Crippen LogP contribution in [0.4, 0.5) is 5.82 Å². The minimum absolute atomic E-state index is 0.00117. The summed E-state index contributed by atoms with van der Waals surface area (Å²) in [4.78, 5) is 30.9. The van der Waals surface area contributed by atoms with Crippen molar-refractivity contribution in [3.63, 3.8) is 0 Å². The van der Waals surface area contributed by atoms with Gasteiger partial charge >= 0.3 is 0 Å². The van der Waals surface area contributed by atoms with Crippen LogP contribution in [-0.4, -0.2) is 55.9 Å².